The van der Waals surface area contributed by atoms with Gasteiger partial charge in [0.1, 0.15) is 0 Å². The van der Waals surface area contributed by atoms with Crippen LogP contribution in [0.15, 0.2) is 0 Å². The van der Waals surface area contributed by atoms with Crippen LogP contribution < -0.4 is 0 Å². The van der Waals surface area contributed by atoms with Crippen LogP contribution in [-0.2, 0) is 8.85 Å². The lowest BCUT2D eigenvalue weighted by Crippen LogP contribution is -2.40. The summed E-state index contributed by atoms with van der Waals surface area (Å²) in [6.45, 7) is 15.1. The van der Waals surface area contributed by atoms with Gasteiger partial charge in [-0.2, -0.15) is 0 Å². The maximum Gasteiger partial charge on any atom is 0.321 e. The van der Waals surface area contributed by atoms with Gasteiger partial charge in [0, 0.05) is 0 Å². The first kappa shape index (κ1) is 15.1. The topological polar surface area (TPSA) is 18.5 Å². The van der Waals surface area contributed by atoms with E-state index in [1.165, 1.54) is 0 Å². The molecule has 0 spiro atoms. The minimum atomic E-state index is -1.50. The van der Waals surface area contributed by atoms with Gasteiger partial charge >= 0.3 is 9.28 Å². The zero-order valence-electron chi connectivity index (χ0n) is 11.5. The van der Waals surface area contributed by atoms with Crippen LogP contribution in [0, 0.1) is 0 Å². The monoisotopic (exact) mass is 232 g/mol. The van der Waals surface area contributed by atoms with Crippen molar-refractivity contribution in [3.8, 4) is 0 Å². The van der Waals surface area contributed by atoms with Crippen LogP contribution in [0.25, 0.3) is 0 Å². The van der Waals surface area contributed by atoms with E-state index in [2.05, 4.69) is 48.5 Å². The summed E-state index contributed by atoms with van der Waals surface area (Å²) in [5.74, 6) is 0. The summed E-state index contributed by atoms with van der Waals surface area (Å²) >= 11 is 0. The Morgan fingerprint density at radius 2 is 1.13 bits per heavy atom. The molecule has 0 aromatic heterocycles. The second-order valence-electron chi connectivity index (χ2n) is 5.30. The van der Waals surface area contributed by atoms with Crippen LogP contribution in [0.4, 0.5) is 0 Å². The van der Waals surface area contributed by atoms with Gasteiger partial charge in [-0.25, -0.2) is 0 Å². The van der Waals surface area contributed by atoms with Crippen LogP contribution in [0.2, 0.25) is 6.04 Å². The summed E-state index contributed by atoms with van der Waals surface area (Å²) in [5.41, 5.74) is -0.0621. The third-order valence-electron chi connectivity index (χ3n) is 2.94. The number of hydrogen-bond donors (Lipinski definition) is 0. The number of rotatable bonds is 7. The Bertz CT molecular complexity index is 160. The van der Waals surface area contributed by atoms with Crippen molar-refractivity contribution in [2.45, 2.75) is 78.6 Å². The Hall–Kier alpha value is 0.137. The van der Waals surface area contributed by atoms with Crippen LogP contribution in [-0.4, -0.2) is 20.5 Å². The van der Waals surface area contributed by atoms with Crippen molar-refractivity contribution in [1.82, 2.24) is 0 Å². The zero-order valence-corrected chi connectivity index (χ0v) is 12.7. The van der Waals surface area contributed by atoms with Gasteiger partial charge in [0.05, 0.1) is 11.2 Å². The Morgan fingerprint density at radius 1 is 0.800 bits per heavy atom. The van der Waals surface area contributed by atoms with Crippen LogP contribution >= 0.6 is 0 Å². The first-order valence-electron chi connectivity index (χ1n) is 6.12. The highest BCUT2D eigenvalue weighted by Crippen LogP contribution is 2.22. The second-order valence-corrected chi connectivity index (χ2v) is 7.45. The minimum absolute atomic E-state index is 0.0310. The minimum Gasteiger partial charge on any atom is -0.391 e. The summed E-state index contributed by atoms with van der Waals surface area (Å²) < 4.78 is 12.2. The number of hydrogen-bond acceptors (Lipinski definition) is 2. The fourth-order valence-electron chi connectivity index (χ4n) is 1.07. The molecule has 0 aliphatic rings. The van der Waals surface area contributed by atoms with Crippen molar-refractivity contribution in [2.75, 3.05) is 0 Å². The highest BCUT2D eigenvalue weighted by Gasteiger charge is 2.28. The maximum atomic E-state index is 6.09. The van der Waals surface area contributed by atoms with Crippen LogP contribution in [0.1, 0.15) is 61.3 Å². The van der Waals surface area contributed by atoms with E-state index in [9.17, 15) is 0 Å². The fraction of sp³-hybridized carbons (Fsp3) is 1.00. The van der Waals surface area contributed by atoms with Crippen molar-refractivity contribution in [1.29, 1.82) is 0 Å². The lowest BCUT2D eigenvalue weighted by atomic mass is 10.1. The predicted molar refractivity (Wildman–Crippen MR) is 68.5 cm³/mol. The SMILES string of the molecule is CC[SiH](OC(C)(C)CC)OC(C)(C)CC. The molecule has 0 unspecified atom stereocenters. The van der Waals surface area contributed by atoms with Gasteiger partial charge < -0.3 is 8.85 Å². The average molecular weight is 232 g/mol. The molecule has 0 bridgehead atoms. The van der Waals surface area contributed by atoms with E-state index in [1.54, 1.807) is 0 Å². The van der Waals surface area contributed by atoms with Crippen molar-refractivity contribution in [2.24, 2.45) is 0 Å². The van der Waals surface area contributed by atoms with Crippen molar-refractivity contribution < 1.29 is 8.85 Å². The van der Waals surface area contributed by atoms with Gasteiger partial charge in [-0.15, -0.1) is 0 Å². The van der Waals surface area contributed by atoms with Crippen molar-refractivity contribution >= 4 is 9.28 Å². The molecule has 0 aromatic rings. The second kappa shape index (κ2) is 6.02. The molecule has 0 aromatic carbocycles. The molecule has 0 N–H and O–H groups in total. The zero-order chi connectivity index (χ0) is 12.1. The van der Waals surface area contributed by atoms with E-state index in [4.69, 9.17) is 8.85 Å². The average Bonchev–Trinajstić information content (AvgIpc) is 2.16. The summed E-state index contributed by atoms with van der Waals surface area (Å²) in [7, 11) is -1.50. The molecule has 0 aliphatic carbocycles. The molecule has 3 heteroatoms. The standard InChI is InChI=1S/C12H28O2Si/c1-8-11(4,5)13-15(10-3)14-12(6,7)9-2/h15H,8-10H2,1-7H3. The molecule has 0 amide bonds. The van der Waals surface area contributed by atoms with E-state index < -0.39 is 9.28 Å². The van der Waals surface area contributed by atoms with Gasteiger partial charge in [0.15, 0.2) is 0 Å². The largest absolute Gasteiger partial charge is 0.391 e. The molecule has 0 saturated heterocycles. The van der Waals surface area contributed by atoms with E-state index in [0.29, 0.717) is 0 Å². The molecule has 2 nitrogen and oxygen atoms in total. The van der Waals surface area contributed by atoms with E-state index in [0.717, 1.165) is 18.9 Å². The third-order valence-corrected chi connectivity index (χ3v) is 5.41. The molecule has 0 heterocycles. The molecular formula is C12H28O2Si. The predicted octanol–water partition coefficient (Wildman–Crippen LogP) is 3.64. The van der Waals surface area contributed by atoms with E-state index in [1.807, 2.05) is 0 Å². The Morgan fingerprint density at radius 3 is 1.33 bits per heavy atom. The molecule has 0 fully saturated rings. The Kier molecular flexibility index (Phi) is 6.07. The molecule has 0 aliphatic heterocycles. The van der Waals surface area contributed by atoms with Gasteiger partial charge in [-0.3, -0.25) is 0 Å². The Labute approximate surface area is 97.2 Å². The summed E-state index contributed by atoms with van der Waals surface area (Å²) in [5, 5.41) is 0. The van der Waals surface area contributed by atoms with Gasteiger partial charge in [0.25, 0.3) is 0 Å². The first-order valence-corrected chi connectivity index (χ1v) is 7.88. The smallest absolute Gasteiger partial charge is 0.321 e. The third kappa shape index (κ3) is 6.33. The lowest BCUT2D eigenvalue weighted by Gasteiger charge is -2.34. The quantitative estimate of drug-likeness (QED) is 0.624. The maximum absolute atomic E-state index is 6.09. The van der Waals surface area contributed by atoms with Crippen LogP contribution in [0.3, 0.4) is 0 Å². The summed E-state index contributed by atoms with van der Waals surface area (Å²) in [4.78, 5) is 0. The highest BCUT2D eigenvalue weighted by atomic mass is 28.3. The summed E-state index contributed by atoms with van der Waals surface area (Å²) in [6, 6.07) is 1.03. The first-order chi connectivity index (χ1) is 6.76. The van der Waals surface area contributed by atoms with Gasteiger partial charge in [-0.1, -0.05) is 20.8 Å². The summed E-state index contributed by atoms with van der Waals surface area (Å²) in [6.07, 6.45) is 2.07. The van der Waals surface area contributed by atoms with Crippen molar-refractivity contribution in [3.05, 3.63) is 0 Å². The molecule has 0 atom stereocenters. The molecule has 0 rings (SSSR count). The highest BCUT2D eigenvalue weighted by molar-refractivity contribution is 6.44. The lowest BCUT2D eigenvalue weighted by molar-refractivity contribution is 0.0140. The van der Waals surface area contributed by atoms with E-state index >= 15 is 0 Å². The van der Waals surface area contributed by atoms with Crippen LogP contribution in [0.5, 0.6) is 0 Å². The Balaban J connectivity index is 4.27. The molecule has 0 saturated carbocycles. The van der Waals surface area contributed by atoms with E-state index in [-0.39, 0.29) is 11.2 Å². The fourth-order valence-corrected chi connectivity index (χ4v) is 3.21. The van der Waals surface area contributed by atoms with Crippen molar-refractivity contribution in [3.63, 3.8) is 0 Å². The molecule has 15 heavy (non-hydrogen) atoms. The van der Waals surface area contributed by atoms with Gasteiger partial charge in [0.2, 0.25) is 0 Å². The molecule has 92 valence electrons. The van der Waals surface area contributed by atoms with Gasteiger partial charge in [-0.05, 0) is 46.6 Å². The molecule has 0 radical (unpaired) electrons. The molecular weight excluding hydrogens is 204 g/mol. The normalized spacial score (nSPS) is 13.6.